The van der Waals surface area contributed by atoms with Crippen molar-refractivity contribution in [2.24, 2.45) is 0 Å². The van der Waals surface area contributed by atoms with Gasteiger partial charge in [0.05, 0.1) is 17.7 Å². The number of fused-ring (bicyclic) bond motifs is 1. The van der Waals surface area contributed by atoms with Gasteiger partial charge in [-0.2, -0.15) is 0 Å². The molecule has 2 heterocycles. The van der Waals surface area contributed by atoms with Gasteiger partial charge in [0, 0.05) is 13.1 Å². The van der Waals surface area contributed by atoms with E-state index in [1.54, 1.807) is 24.3 Å². The van der Waals surface area contributed by atoms with Crippen molar-refractivity contribution in [3.8, 4) is 0 Å². The summed E-state index contributed by atoms with van der Waals surface area (Å²) in [5.41, 5.74) is 0.938. The van der Waals surface area contributed by atoms with Crippen LogP contribution in [0.25, 0.3) is 0 Å². The summed E-state index contributed by atoms with van der Waals surface area (Å²) in [6, 6.07) is 6.85. The summed E-state index contributed by atoms with van der Waals surface area (Å²) < 4.78 is 0. The fourth-order valence-corrected chi connectivity index (χ4v) is 2.14. The molecular formula is C13H13N6O2. The normalized spacial score (nSPS) is 13.8. The summed E-state index contributed by atoms with van der Waals surface area (Å²) in [6.07, 6.45) is 1.82. The Morgan fingerprint density at radius 3 is 2.52 bits per heavy atom. The van der Waals surface area contributed by atoms with Crippen molar-refractivity contribution < 1.29 is 9.59 Å². The van der Waals surface area contributed by atoms with Gasteiger partial charge in [0.15, 0.2) is 5.82 Å². The van der Waals surface area contributed by atoms with Gasteiger partial charge in [0.1, 0.15) is 0 Å². The maximum Gasteiger partial charge on any atom is 0.261 e. The van der Waals surface area contributed by atoms with E-state index in [0.29, 0.717) is 30.0 Å². The minimum Gasteiger partial charge on any atom is -0.309 e. The lowest BCUT2D eigenvalue weighted by Gasteiger charge is -2.13. The van der Waals surface area contributed by atoms with Gasteiger partial charge in [-0.05, 0) is 29.0 Å². The van der Waals surface area contributed by atoms with Crippen LogP contribution in [-0.4, -0.2) is 50.4 Å². The Morgan fingerprint density at radius 2 is 1.90 bits per heavy atom. The highest BCUT2D eigenvalue weighted by Gasteiger charge is 2.34. The molecule has 1 radical (unpaired) electrons. The Kier molecular flexibility index (Phi) is 3.69. The number of amides is 2. The molecule has 1 aliphatic rings. The van der Waals surface area contributed by atoms with Crippen LogP contribution in [0.1, 0.15) is 26.5 Å². The summed E-state index contributed by atoms with van der Waals surface area (Å²) in [5, 5.41) is 16.4. The van der Waals surface area contributed by atoms with Crippen molar-refractivity contribution in [3.05, 3.63) is 47.6 Å². The first-order chi connectivity index (χ1) is 10.3. The standard InChI is InChI=1S/C13H13N6O2/c20-12-9-4-1-2-5-10(9)13(21)19(12)7-3-6-14-8-11-15-17-18-16-11/h1-5,14H,6-8H2,(H,15,16,17,18). The van der Waals surface area contributed by atoms with E-state index in [1.165, 1.54) is 4.90 Å². The Bertz CT molecular complexity index is 619. The summed E-state index contributed by atoms with van der Waals surface area (Å²) >= 11 is 0. The van der Waals surface area contributed by atoms with Crippen LogP contribution in [-0.2, 0) is 6.54 Å². The van der Waals surface area contributed by atoms with Crippen molar-refractivity contribution in [3.63, 3.8) is 0 Å². The van der Waals surface area contributed by atoms with Crippen LogP contribution in [0.2, 0.25) is 0 Å². The van der Waals surface area contributed by atoms with Crippen LogP contribution in [0.15, 0.2) is 24.3 Å². The Labute approximate surface area is 120 Å². The predicted molar refractivity (Wildman–Crippen MR) is 72.0 cm³/mol. The van der Waals surface area contributed by atoms with E-state index in [9.17, 15) is 9.59 Å². The number of hydrogen-bond donors (Lipinski definition) is 2. The van der Waals surface area contributed by atoms with Crippen molar-refractivity contribution in [1.82, 2.24) is 30.8 Å². The molecule has 0 spiro atoms. The first-order valence-electron chi connectivity index (χ1n) is 6.47. The van der Waals surface area contributed by atoms with E-state index in [1.807, 2.05) is 6.42 Å². The van der Waals surface area contributed by atoms with Gasteiger partial charge in [-0.15, -0.1) is 5.10 Å². The molecular weight excluding hydrogens is 272 g/mol. The number of carbonyl (C=O) groups excluding carboxylic acids is 2. The number of benzene rings is 1. The fraction of sp³-hybridized carbons (Fsp3) is 0.231. The minimum atomic E-state index is -0.244. The number of imide groups is 1. The number of H-pyrrole nitrogens is 1. The molecule has 8 heteroatoms. The Hall–Kier alpha value is -2.61. The smallest absolute Gasteiger partial charge is 0.261 e. The van der Waals surface area contributed by atoms with Gasteiger partial charge in [-0.25, -0.2) is 5.10 Å². The Morgan fingerprint density at radius 1 is 1.19 bits per heavy atom. The Balaban J connectivity index is 1.48. The predicted octanol–water partition coefficient (Wildman–Crippen LogP) is -0.210. The zero-order chi connectivity index (χ0) is 14.7. The van der Waals surface area contributed by atoms with E-state index in [-0.39, 0.29) is 18.4 Å². The second-order valence-electron chi connectivity index (χ2n) is 4.53. The topological polar surface area (TPSA) is 104 Å². The molecule has 21 heavy (non-hydrogen) atoms. The molecule has 0 saturated carbocycles. The summed E-state index contributed by atoms with van der Waals surface area (Å²) in [4.78, 5) is 25.4. The van der Waals surface area contributed by atoms with Gasteiger partial charge in [0.2, 0.25) is 0 Å². The average Bonchev–Trinajstić information content (AvgIpc) is 3.10. The third-order valence-electron chi connectivity index (χ3n) is 3.16. The van der Waals surface area contributed by atoms with E-state index in [4.69, 9.17) is 0 Å². The number of rotatable bonds is 6. The first kappa shape index (κ1) is 13.4. The quantitative estimate of drug-likeness (QED) is 0.562. The molecule has 1 aromatic heterocycles. The molecule has 0 fully saturated rings. The SMILES string of the molecule is O=C1c2ccccc2C(=O)N1C[CH]CNCc1nnn[nH]1. The second kappa shape index (κ2) is 5.80. The first-order valence-corrected chi connectivity index (χ1v) is 6.47. The average molecular weight is 285 g/mol. The van der Waals surface area contributed by atoms with Crippen LogP contribution < -0.4 is 5.32 Å². The van der Waals surface area contributed by atoms with Crippen LogP contribution in [0.4, 0.5) is 0 Å². The van der Waals surface area contributed by atoms with E-state index in [2.05, 4.69) is 25.9 Å². The molecule has 107 valence electrons. The molecule has 0 bridgehead atoms. The van der Waals surface area contributed by atoms with E-state index >= 15 is 0 Å². The van der Waals surface area contributed by atoms with Gasteiger partial charge >= 0.3 is 0 Å². The van der Waals surface area contributed by atoms with Crippen LogP contribution >= 0.6 is 0 Å². The summed E-state index contributed by atoms with van der Waals surface area (Å²) in [5.74, 6) is 0.140. The number of aromatic nitrogens is 4. The monoisotopic (exact) mass is 285 g/mol. The lowest BCUT2D eigenvalue weighted by molar-refractivity contribution is 0.0666. The summed E-state index contributed by atoms with van der Waals surface area (Å²) in [6.45, 7) is 1.30. The number of carbonyl (C=O) groups is 2. The lowest BCUT2D eigenvalue weighted by Crippen LogP contribution is -2.32. The zero-order valence-corrected chi connectivity index (χ0v) is 11.1. The summed E-state index contributed by atoms with van der Waals surface area (Å²) in [7, 11) is 0. The second-order valence-corrected chi connectivity index (χ2v) is 4.53. The molecule has 1 aromatic carbocycles. The van der Waals surface area contributed by atoms with Gasteiger partial charge in [-0.1, -0.05) is 12.1 Å². The maximum absolute atomic E-state index is 12.1. The number of aromatic amines is 1. The molecule has 0 unspecified atom stereocenters. The van der Waals surface area contributed by atoms with Gasteiger partial charge in [0.25, 0.3) is 11.8 Å². The fourth-order valence-electron chi connectivity index (χ4n) is 2.14. The largest absolute Gasteiger partial charge is 0.309 e. The maximum atomic E-state index is 12.1. The molecule has 0 saturated heterocycles. The van der Waals surface area contributed by atoms with Gasteiger partial charge in [-0.3, -0.25) is 14.5 Å². The van der Waals surface area contributed by atoms with Crippen molar-refractivity contribution in [2.45, 2.75) is 6.54 Å². The van der Waals surface area contributed by atoms with Crippen molar-refractivity contribution >= 4 is 11.8 Å². The van der Waals surface area contributed by atoms with E-state index < -0.39 is 0 Å². The van der Waals surface area contributed by atoms with Gasteiger partial charge < -0.3 is 5.32 Å². The molecule has 2 aromatic rings. The lowest BCUT2D eigenvalue weighted by atomic mass is 10.1. The van der Waals surface area contributed by atoms with Crippen molar-refractivity contribution in [2.75, 3.05) is 13.1 Å². The third-order valence-corrected chi connectivity index (χ3v) is 3.16. The molecule has 0 aliphatic carbocycles. The highest BCUT2D eigenvalue weighted by Crippen LogP contribution is 2.22. The minimum absolute atomic E-state index is 0.244. The van der Waals surface area contributed by atoms with Crippen LogP contribution in [0.5, 0.6) is 0 Å². The number of hydrogen-bond acceptors (Lipinski definition) is 6. The van der Waals surface area contributed by atoms with Crippen LogP contribution in [0.3, 0.4) is 0 Å². The van der Waals surface area contributed by atoms with Crippen LogP contribution in [0, 0.1) is 6.42 Å². The molecule has 2 amide bonds. The molecule has 8 nitrogen and oxygen atoms in total. The number of tetrazole rings is 1. The highest BCUT2D eigenvalue weighted by molar-refractivity contribution is 6.21. The zero-order valence-electron chi connectivity index (χ0n) is 11.1. The molecule has 1 aliphatic heterocycles. The van der Waals surface area contributed by atoms with E-state index in [0.717, 1.165) is 0 Å². The number of nitrogens with zero attached hydrogens (tertiary/aromatic N) is 4. The molecule has 3 rings (SSSR count). The molecule has 2 N–H and O–H groups in total. The molecule has 0 atom stereocenters. The van der Waals surface area contributed by atoms with Crippen molar-refractivity contribution in [1.29, 1.82) is 0 Å². The highest BCUT2D eigenvalue weighted by atomic mass is 16.2. The number of nitrogens with one attached hydrogen (secondary N) is 2. The third kappa shape index (κ3) is 2.65.